The van der Waals surface area contributed by atoms with Crippen molar-refractivity contribution in [1.29, 1.82) is 0 Å². The Labute approximate surface area is 58.3 Å². The summed E-state index contributed by atoms with van der Waals surface area (Å²) in [5, 5.41) is 0. The Hall–Kier alpha value is -0.190. The van der Waals surface area contributed by atoms with Crippen LogP contribution in [0.2, 0.25) is 0 Å². The maximum Gasteiger partial charge on any atom is 0.196 e. The van der Waals surface area contributed by atoms with E-state index in [0.717, 1.165) is 5.70 Å². The van der Waals surface area contributed by atoms with Gasteiger partial charge >= 0.3 is 0 Å². The number of hydrogen-bond acceptors (Lipinski definition) is 4. The van der Waals surface area contributed by atoms with Crippen LogP contribution < -0.4 is 4.72 Å². The summed E-state index contributed by atoms with van der Waals surface area (Å²) in [7, 11) is 0. The predicted octanol–water partition coefficient (Wildman–Crippen LogP) is 1.02. The zero-order chi connectivity index (χ0) is 6.48. The fraction of sp³-hybridized carbons (Fsp3) is 0.600. The van der Waals surface area contributed by atoms with Gasteiger partial charge in [-0.1, -0.05) is 4.47 Å². The van der Waals surface area contributed by atoms with Crippen molar-refractivity contribution in [2.24, 2.45) is 0 Å². The van der Waals surface area contributed by atoms with Crippen LogP contribution in [0.4, 0.5) is 0 Å². The van der Waals surface area contributed by atoms with Crippen LogP contribution in [0.1, 0.15) is 13.8 Å². The number of rotatable bonds is 0. The number of fused-ring (bicyclic) bond motifs is 1. The lowest BCUT2D eigenvalue weighted by molar-refractivity contribution is 0.287. The highest BCUT2D eigenvalue weighted by Gasteiger charge is 2.52. The van der Waals surface area contributed by atoms with E-state index in [0.29, 0.717) is 0 Å². The number of nitrogens with one attached hydrogen (secondary N) is 1. The number of hydrogen-bond donors (Lipinski definition) is 1. The lowest BCUT2D eigenvalue weighted by Crippen LogP contribution is -2.18. The second-order valence-corrected chi connectivity index (χ2v) is 3.14. The smallest absolute Gasteiger partial charge is 0.196 e. The second kappa shape index (κ2) is 1.45. The molecule has 2 aliphatic rings. The van der Waals surface area contributed by atoms with Crippen molar-refractivity contribution in [3.05, 3.63) is 11.8 Å². The summed E-state index contributed by atoms with van der Waals surface area (Å²) in [6.07, 6.45) is 2.06. The zero-order valence-corrected chi connectivity index (χ0v) is 6.16. The molecule has 2 unspecified atom stereocenters. The van der Waals surface area contributed by atoms with E-state index in [-0.39, 0.29) is 5.72 Å². The molecule has 2 rings (SSSR count). The maximum atomic E-state index is 5.19. The Balaban J connectivity index is 2.25. The van der Waals surface area contributed by atoms with Gasteiger partial charge in [-0.15, -0.1) is 0 Å². The standard InChI is InChI=1S/C5H8N2OS/c1-4-3-5(2)7(8-5)9-6-4/h3,6H,1-2H3. The Morgan fingerprint density at radius 1 is 1.89 bits per heavy atom. The van der Waals surface area contributed by atoms with Crippen LogP contribution in [0.15, 0.2) is 11.8 Å². The summed E-state index contributed by atoms with van der Waals surface area (Å²) in [6.45, 7) is 4.06. The SMILES string of the molecule is CC1=CC2(C)ON2SN1. The van der Waals surface area contributed by atoms with Crippen molar-refractivity contribution in [2.75, 3.05) is 0 Å². The first kappa shape index (κ1) is 5.58. The predicted molar refractivity (Wildman–Crippen MR) is 35.8 cm³/mol. The van der Waals surface area contributed by atoms with Crippen LogP contribution in [0.25, 0.3) is 0 Å². The van der Waals surface area contributed by atoms with Gasteiger partial charge < -0.3 is 4.72 Å². The van der Waals surface area contributed by atoms with E-state index in [9.17, 15) is 0 Å². The molecular formula is C5H8N2OS. The van der Waals surface area contributed by atoms with Crippen molar-refractivity contribution in [2.45, 2.75) is 19.6 Å². The topological polar surface area (TPSA) is 27.6 Å². The van der Waals surface area contributed by atoms with Crippen molar-refractivity contribution in [1.82, 2.24) is 9.19 Å². The van der Waals surface area contributed by atoms with Gasteiger partial charge in [-0.25, -0.2) is 0 Å². The molecule has 50 valence electrons. The summed E-state index contributed by atoms with van der Waals surface area (Å²) in [5.74, 6) is 0. The van der Waals surface area contributed by atoms with Crippen LogP contribution in [0, 0.1) is 0 Å². The summed E-state index contributed by atoms with van der Waals surface area (Å²) in [4.78, 5) is 5.19. The summed E-state index contributed by atoms with van der Waals surface area (Å²) in [6, 6.07) is 0. The Morgan fingerprint density at radius 3 is 3.22 bits per heavy atom. The summed E-state index contributed by atoms with van der Waals surface area (Å²) in [5.41, 5.74) is 1.05. The third-order valence-electron chi connectivity index (χ3n) is 1.37. The molecule has 1 fully saturated rings. The normalized spacial score (nSPS) is 46.9. The Kier molecular flexibility index (Phi) is 0.899. The molecule has 0 aromatic rings. The van der Waals surface area contributed by atoms with E-state index in [1.807, 2.05) is 18.3 Å². The van der Waals surface area contributed by atoms with Gasteiger partial charge in [0.05, 0.1) is 12.1 Å². The fourth-order valence-electron chi connectivity index (χ4n) is 0.880. The molecule has 2 atom stereocenters. The van der Waals surface area contributed by atoms with Gasteiger partial charge in [0, 0.05) is 5.70 Å². The molecule has 3 nitrogen and oxygen atoms in total. The number of nitrogens with zero attached hydrogens (tertiary/aromatic N) is 1. The van der Waals surface area contributed by atoms with E-state index < -0.39 is 0 Å². The average molecular weight is 144 g/mol. The van der Waals surface area contributed by atoms with Crippen molar-refractivity contribution < 1.29 is 4.84 Å². The molecule has 2 aliphatic heterocycles. The van der Waals surface area contributed by atoms with Gasteiger partial charge in [0.15, 0.2) is 5.72 Å². The van der Waals surface area contributed by atoms with Crippen molar-refractivity contribution in [3.8, 4) is 0 Å². The van der Waals surface area contributed by atoms with Gasteiger partial charge in [-0.3, -0.25) is 4.84 Å². The maximum absolute atomic E-state index is 5.19. The fourth-order valence-corrected chi connectivity index (χ4v) is 1.59. The van der Waals surface area contributed by atoms with Crippen molar-refractivity contribution in [3.63, 3.8) is 0 Å². The minimum atomic E-state index is -0.111. The highest BCUT2D eigenvalue weighted by molar-refractivity contribution is 7.95. The average Bonchev–Trinajstić information content (AvgIpc) is 2.38. The van der Waals surface area contributed by atoms with Crippen LogP contribution in [-0.2, 0) is 4.84 Å². The van der Waals surface area contributed by atoms with Gasteiger partial charge in [-0.05, 0) is 19.9 Å². The third-order valence-corrected chi connectivity index (χ3v) is 2.39. The molecule has 0 bridgehead atoms. The molecule has 0 spiro atoms. The molecule has 9 heavy (non-hydrogen) atoms. The van der Waals surface area contributed by atoms with Gasteiger partial charge in [-0.2, -0.15) is 0 Å². The molecular weight excluding hydrogens is 136 g/mol. The summed E-state index contributed by atoms with van der Waals surface area (Å²) < 4.78 is 4.90. The second-order valence-electron chi connectivity index (χ2n) is 2.42. The van der Waals surface area contributed by atoms with Gasteiger partial charge in [0.1, 0.15) is 0 Å². The molecule has 2 heterocycles. The van der Waals surface area contributed by atoms with Crippen LogP contribution >= 0.6 is 12.1 Å². The van der Waals surface area contributed by atoms with Crippen molar-refractivity contribution >= 4 is 12.1 Å². The monoisotopic (exact) mass is 144 g/mol. The zero-order valence-electron chi connectivity index (χ0n) is 5.34. The molecule has 0 aromatic carbocycles. The Bertz CT molecular complexity index is 182. The van der Waals surface area contributed by atoms with Crippen LogP contribution in [0.3, 0.4) is 0 Å². The molecule has 0 saturated carbocycles. The van der Waals surface area contributed by atoms with E-state index in [1.54, 1.807) is 0 Å². The molecule has 0 aliphatic carbocycles. The molecule has 0 aromatic heterocycles. The Morgan fingerprint density at radius 2 is 2.67 bits per heavy atom. The molecule has 0 amide bonds. The lowest BCUT2D eigenvalue weighted by atomic mass is 10.3. The largest absolute Gasteiger partial charge is 0.319 e. The first-order chi connectivity index (χ1) is 4.21. The van der Waals surface area contributed by atoms with E-state index in [1.165, 1.54) is 12.1 Å². The highest BCUT2D eigenvalue weighted by atomic mass is 32.2. The van der Waals surface area contributed by atoms with Crippen LogP contribution in [-0.4, -0.2) is 10.2 Å². The van der Waals surface area contributed by atoms with Gasteiger partial charge in [0.25, 0.3) is 0 Å². The molecule has 1 saturated heterocycles. The summed E-state index contributed by atoms with van der Waals surface area (Å²) >= 11 is 1.49. The van der Waals surface area contributed by atoms with E-state index in [4.69, 9.17) is 4.84 Å². The van der Waals surface area contributed by atoms with E-state index in [2.05, 4.69) is 10.8 Å². The minimum Gasteiger partial charge on any atom is -0.319 e. The molecule has 0 radical (unpaired) electrons. The number of hydroxylamine groups is 1. The first-order valence-electron chi connectivity index (χ1n) is 2.82. The number of allylic oxidation sites excluding steroid dienone is 1. The minimum absolute atomic E-state index is 0.111. The highest BCUT2D eigenvalue weighted by Crippen LogP contribution is 2.44. The van der Waals surface area contributed by atoms with Crippen LogP contribution in [0.5, 0.6) is 0 Å². The molecule has 1 N–H and O–H groups in total. The quantitative estimate of drug-likeness (QED) is 0.406. The first-order valence-corrected chi connectivity index (χ1v) is 3.60. The third kappa shape index (κ3) is 0.745. The molecule has 4 heteroatoms. The van der Waals surface area contributed by atoms with E-state index >= 15 is 0 Å². The lowest BCUT2D eigenvalue weighted by Gasteiger charge is -2.10. The van der Waals surface area contributed by atoms with Gasteiger partial charge in [0.2, 0.25) is 0 Å².